The number of rotatable bonds is 3. The number of benzene rings is 1. The molecule has 9 heteroatoms. The highest BCUT2D eigenvalue weighted by Crippen LogP contribution is 2.32. The van der Waals surface area contributed by atoms with Gasteiger partial charge in [-0.1, -0.05) is 0 Å². The number of carbonyl (C=O) groups is 1. The van der Waals surface area contributed by atoms with Gasteiger partial charge in [-0.05, 0) is 19.2 Å². The number of piperazine rings is 1. The fourth-order valence-corrected chi connectivity index (χ4v) is 3.02. The zero-order chi connectivity index (χ0) is 18.6. The largest absolute Gasteiger partial charge is 0.486 e. The number of likely N-dealkylation sites (N-methyl/N-ethyl adjacent to an activating group) is 1. The molecule has 1 aromatic heterocycles. The highest BCUT2D eigenvalue weighted by atomic mass is 16.6. The van der Waals surface area contributed by atoms with E-state index in [0.29, 0.717) is 36.2 Å². The van der Waals surface area contributed by atoms with E-state index in [9.17, 15) is 4.79 Å². The van der Waals surface area contributed by atoms with Gasteiger partial charge in [0.1, 0.15) is 31.2 Å². The summed E-state index contributed by atoms with van der Waals surface area (Å²) in [5.74, 6) is 2.57. The maximum atomic E-state index is 12.3. The van der Waals surface area contributed by atoms with Gasteiger partial charge in [0.15, 0.2) is 11.5 Å². The second kappa shape index (κ2) is 7.67. The molecule has 0 bridgehead atoms. The molecule has 0 aliphatic carbocycles. The van der Waals surface area contributed by atoms with Gasteiger partial charge >= 0.3 is 6.03 Å². The van der Waals surface area contributed by atoms with Gasteiger partial charge in [0, 0.05) is 44.0 Å². The second-order valence-corrected chi connectivity index (χ2v) is 6.49. The van der Waals surface area contributed by atoms with Crippen molar-refractivity contribution in [1.82, 2.24) is 14.9 Å². The maximum absolute atomic E-state index is 12.3. The van der Waals surface area contributed by atoms with Crippen LogP contribution in [0.1, 0.15) is 0 Å². The lowest BCUT2D eigenvalue weighted by atomic mass is 10.2. The van der Waals surface area contributed by atoms with Crippen molar-refractivity contribution in [2.24, 2.45) is 0 Å². The molecule has 0 radical (unpaired) electrons. The highest BCUT2D eigenvalue weighted by Gasteiger charge is 2.17. The summed E-state index contributed by atoms with van der Waals surface area (Å²) < 4.78 is 11.0. The van der Waals surface area contributed by atoms with Gasteiger partial charge in [-0.3, -0.25) is 5.32 Å². The van der Waals surface area contributed by atoms with Crippen LogP contribution in [-0.2, 0) is 0 Å². The molecule has 2 aliphatic heterocycles. The van der Waals surface area contributed by atoms with Crippen molar-refractivity contribution in [3.63, 3.8) is 0 Å². The van der Waals surface area contributed by atoms with Crippen molar-refractivity contribution in [2.45, 2.75) is 0 Å². The van der Waals surface area contributed by atoms with Gasteiger partial charge < -0.3 is 24.6 Å². The summed E-state index contributed by atoms with van der Waals surface area (Å²) in [6.07, 6.45) is 1.47. The number of nitrogens with zero attached hydrogens (tertiary/aromatic N) is 4. The number of amides is 2. The molecule has 4 rings (SSSR count). The monoisotopic (exact) mass is 370 g/mol. The van der Waals surface area contributed by atoms with Crippen LogP contribution in [0.15, 0.2) is 30.6 Å². The van der Waals surface area contributed by atoms with Crippen LogP contribution < -0.4 is 25.0 Å². The molecule has 2 N–H and O–H groups in total. The van der Waals surface area contributed by atoms with E-state index in [2.05, 4.69) is 37.4 Å². The van der Waals surface area contributed by atoms with E-state index in [1.807, 2.05) is 0 Å². The van der Waals surface area contributed by atoms with Crippen molar-refractivity contribution >= 4 is 23.4 Å². The van der Waals surface area contributed by atoms with Crippen molar-refractivity contribution in [3.05, 3.63) is 30.6 Å². The number of aromatic nitrogens is 2. The summed E-state index contributed by atoms with van der Waals surface area (Å²) in [6, 6.07) is 6.69. The maximum Gasteiger partial charge on any atom is 0.324 e. The quantitative estimate of drug-likeness (QED) is 0.849. The van der Waals surface area contributed by atoms with Crippen LogP contribution in [0.5, 0.6) is 11.5 Å². The number of hydrogen-bond acceptors (Lipinski definition) is 7. The minimum atomic E-state index is -0.380. The molecule has 1 aromatic carbocycles. The van der Waals surface area contributed by atoms with Gasteiger partial charge in [-0.15, -0.1) is 0 Å². The van der Waals surface area contributed by atoms with Gasteiger partial charge in [-0.25, -0.2) is 14.8 Å². The summed E-state index contributed by atoms with van der Waals surface area (Å²) in [4.78, 5) is 25.2. The highest BCUT2D eigenvalue weighted by molar-refractivity contribution is 5.99. The van der Waals surface area contributed by atoms with Crippen LogP contribution in [0, 0.1) is 0 Å². The third kappa shape index (κ3) is 4.20. The Bertz CT molecular complexity index is 822. The smallest absolute Gasteiger partial charge is 0.324 e. The second-order valence-electron chi connectivity index (χ2n) is 6.49. The Balaban J connectivity index is 1.39. The molecule has 1 saturated heterocycles. The normalized spacial score (nSPS) is 16.7. The Hall–Kier alpha value is -3.07. The SMILES string of the molecule is CN1CCN(c2cc(NC(=O)Nc3ccc4c(c3)OCCO4)ncn2)CC1. The molecule has 3 heterocycles. The van der Waals surface area contributed by atoms with Gasteiger partial charge in [0.2, 0.25) is 0 Å². The molecule has 27 heavy (non-hydrogen) atoms. The summed E-state index contributed by atoms with van der Waals surface area (Å²) in [5, 5.41) is 5.53. The Morgan fingerprint density at radius 1 is 1.00 bits per heavy atom. The molecular weight excluding hydrogens is 348 g/mol. The number of carbonyl (C=O) groups excluding carboxylic acids is 1. The summed E-state index contributed by atoms with van der Waals surface area (Å²) in [5.41, 5.74) is 0.616. The van der Waals surface area contributed by atoms with E-state index in [-0.39, 0.29) is 6.03 Å². The van der Waals surface area contributed by atoms with Crippen LogP contribution in [0.3, 0.4) is 0 Å². The Morgan fingerprint density at radius 2 is 1.78 bits per heavy atom. The topological polar surface area (TPSA) is 91.9 Å². The van der Waals surface area contributed by atoms with Crippen LogP contribution in [-0.4, -0.2) is 67.3 Å². The average molecular weight is 370 g/mol. The number of nitrogens with one attached hydrogen (secondary N) is 2. The van der Waals surface area contributed by atoms with Gasteiger partial charge in [0.05, 0.1) is 0 Å². The molecule has 142 valence electrons. The average Bonchev–Trinajstić information content (AvgIpc) is 2.68. The molecule has 1 fully saturated rings. The molecule has 2 amide bonds. The van der Waals surface area contributed by atoms with Crippen LogP contribution in [0.25, 0.3) is 0 Å². The molecule has 0 saturated carbocycles. The number of fused-ring (bicyclic) bond motifs is 1. The van der Waals surface area contributed by atoms with Crippen LogP contribution in [0.2, 0.25) is 0 Å². The number of urea groups is 1. The van der Waals surface area contributed by atoms with Crippen molar-refractivity contribution in [3.8, 4) is 11.5 Å². The summed E-state index contributed by atoms with van der Waals surface area (Å²) >= 11 is 0. The van der Waals surface area contributed by atoms with E-state index >= 15 is 0 Å². The van der Waals surface area contributed by atoms with Gasteiger partial charge in [-0.2, -0.15) is 0 Å². The van der Waals surface area contributed by atoms with Crippen molar-refractivity contribution in [1.29, 1.82) is 0 Å². The summed E-state index contributed by atoms with van der Waals surface area (Å²) in [7, 11) is 2.10. The van der Waals surface area contributed by atoms with Crippen LogP contribution >= 0.6 is 0 Å². The predicted octanol–water partition coefficient (Wildman–Crippen LogP) is 1.64. The fraction of sp³-hybridized carbons (Fsp3) is 0.389. The number of hydrogen-bond donors (Lipinski definition) is 2. The van der Waals surface area contributed by atoms with E-state index in [4.69, 9.17) is 9.47 Å². The molecule has 0 spiro atoms. The lowest BCUT2D eigenvalue weighted by Crippen LogP contribution is -2.44. The summed E-state index contributed by atoms with van der Waals surface area (Å²) in [6.45, 7) is 4.80. The zero-order valence-electron chi connectivity index (χ0n) is 15.1. The Labute approximate surface area is 157 Å². The first-order valence-electron chi connectivity index (χ1n) is 8.90. The van der Waals surface area contributed by atoms with E-state index < -0.39 is 0 Å². The number of ether oxygens (including phenoxy) is 2. The first-order valence-corrected chi connectivity index (χ1v) is 8.90. The molecule has 0 unspecified atom stereocenters. The lowest BCUT2D eigenvalue weighted by molar-refractivity contribution is 0.171. The third-order valence-corrected chi connectivity index (χ3v) is 4.52. The zero-order valence-corrected chi connectivity index (χ0v) is 15.1. The fourth-order valence-electron chi connectivity index (χ4n) is 3.02. The third-order valence-electron chi connectivity index (χ3n) is 4.52. The molecule has 2 aromatic rings. The van der Waals surface area contributed by atoms with E-state index in [0.717, 1.165) is 32.0 Å². The minimum absolute atomic E-state index is 0.380. The van der Waals surface area contributed by atoms with E-state index in [1.54, 1.807) is 24.3 Å². The van der Waals surface area contributed by atoms with E-state index in [1.165, 1.54) is 6.33 Å². The molecule has 0 atom stereocenters. The molecular formula is C18H22N6O3. The Morgan fingerprint density at radius 3 is 2.59 bits per heavy atom. The lowest BCUT2D eigenvalue weighted by Gasteiger charge is -2.33. The van der Waals surface area contributed by atoms with Gasteiger partial charge in [0.25, 0.3) is 0 Å². The van der Waals surface area contributed by atoms with Crippen molar-refractivity contribution < 1.29 is 14.3 Å². The predicted molar refractivity (Wildman–Crippen MR) is 102 cm³/mol. The number of anilines is 3. The van der Waals surface area contributed by atoms with Crippen molar-refractivity contribution in [2.75, 3.05) is 62.0 Å². The first-order chi connectivity index (χ1) is 13.2. The molecule has 9 nitrogen and oxygen atoms in total. The Kier molecular flexibility index (Phi) is 4.93. The minimum Gasteiger partial charge on any atom is -0.486 e. The first kappa shape index (κ1) is 17.3. The molecule has 2 aliphatic rings. The standard InChI is InChI=1S/C18H22N6O3/c1-23-4-6-24(7-5-23)17-11-16(19-12-20-17)22-18(25)21-13-2-3-14-15(10-13)27-9-8-26-14/h2-3,10-12H,4-9H2,1H3,(H2,19,20,21,22,25). The van der Waals surface area contributed by atoms with Crippen LogP contribution in [0.4, 0.5) is 22.1 Å².